The molecule has 0 saturated carbocycles. The number of nitrogens with zero attached hydrogens (tertiary/aromatic N) is 1. The summed E-state index contributed by atoms with van der Waals surface area (Å²) in [7, 11) is 0. The van der Waals surface area contributed by atoms with Crippen LogP contribution in [0.4, 0.5) is 4.79 Å². The molecule has 0 aromatic heterocycles. The molecule has 0 heterocycles. The minimum atomic E-state index is -0.235. The Kier molecular flexibility index (Phi) is 5.20. The van der Waals surface area contributed by atoms with Crippen LogP contribution in [0, 0.1) is 0 Å². The van der Waals surface area contributed by atoms with E-state index >= 15 is 0 Å². The Labute approximate surface area is 110 Å². The van der Waals surface area contributed by atoms with E-state index in [9.17, 15) is 4.79 Å². The van der Waals surface area contributed by atoms with Crippen molar-refractivity contribution in [2.24, 2.45) is 0 Å². The predicted molar refractivity (Wildman–Crippen MR) is 75.7 cm³/mol. The van der Waals surface area contributed by atoms with E-state index in [4.69, 9.17) is 0 Å². The van der Waals surface area contributed by atoms with E-state index in [1.807, 2.05) is 32.0 Å². The fraction of sp³-hybridized carbons (Fsp3) is 0.533. The van der Waals surface area contributed by atoms with Gasteiger partial charge in [0.05, 0.1) is 0 Å². The second kappa shape index (κ2) is 6.43. The van der Waals surface area contributed by atoms with Gasteiger partial charge in [0.2, 0.25) is 0 Å². The van der Waals surface area contributed by atoms with E-state index in [1.54, 1.807) is 4.90 Å². The first-order valence-electron chi connectivity index (χ1n) is 6.59. The molecule has 3 nitrogen and oxygen atoms in total. The maximum absolute atomic E-state index is 12.0. The summed E-state index contributed by atoms with van der Waals surface area (Å²) in [6.45, 7) is 9.58. The highest BCUT2D eigenvalue weighted by atomic mass is 16.2. The Morgan fingerprint density at radius 1 is 1.17 bits per heavy atom. The second-order valence-electron chi connectivity index (χ2n) is 5.15. The molecule has 0 aliphatic carbocycles. The van der Waals surface area contributed by atoms with E-state index < -0.39 is 0 Å². The molecule has 0 aliphatic rings. The first-order valence-corrected chi connectivity index (χ1v) is 6.59. The normalized spacial score (nSPS) is 11.1. The third-order valence-corrected chi connectivity index (χ3v) is 2.98. The van der Waals surface area contributed by atoms with Gasteiger partial charge in [0.15, 0.2) is 0 Å². The van der Waals surface area contributed by atoms with Crippen LogP contribution < -0.4 is 5.32 Å². The number of hydrogen-bond donors (Lipinski definition) is 1. The molecule has 18 heavy (non-hydrogen) atoms. The quantitative estimate of drug-likeness (QED) is 0.853. The van der Waals surface area contributed by atoms with Crippen molar-refractivity contribution in [1.82, 2.24) is 10.2 Å². The van der Waals surface area contributed by atoms with Gasteiger partial charge < -0.3 is 10.2 Å². The summed E-state index contributed by atoms with van der Waals surface area (Å²) >= 11 is 0. The van der Waals surface area contributed by atoms with Crippen LogP contribution in [0.5, 0.6) is 0 Å². The monoisotopic (exact) mass is 248 g/mol. The van der Waals surface area contributed by atoms with Gasteiger partial charge in [-0.25, -0.2) is 4.79 Å². The Balaban J connectivity index is 2.62. The molecular weight excluding hydrogens is 224 g/mol. The molecule has 0 bridgehead atoms. The van der Waals surface area contributed by atoms with E-state index in [0.717, 1.165) is 19.5 Å². The van der Waals surface area contributed by atoms with Crippen molar-refractivity contribution < 1.29 is 4.79 Å². The minimum absolute atomic E-state index is 0.0148. The Hall–Kier alpha value is -1.51. The molecule has 0 atom stereocenters. The lowest BCUT2D eigenvalue weighted by atomic mass is 9.95. The molecule has 2 amide bonds. The maximum Gasteiger partial charge on any atom is 0.317 e. The fourth-order valence-electron chi connectivity index (χ4n) is 2.03. The molecule has 1 aromatic rings. The fourth-order valence-corrected chi connectivity index (χ4v) is 2.03. The van der Waals surface area contributed by atoms with E-state index in [-0.39, 0.29) is 11.6 Å². The maximum atomic E-state index is 12.0. The molecule has 1 aromatic carbocycles. The number of hydrogen-bond acceptors (Lipinski definition) is 1. The van der Waals surface area contributed by atoms with Crippen LogP contribution in [0.25, 0.3) is 0 Å². The van der Waals surface area contributed by atoms with Crippen LogP contribution in [0.15, 0.2) is 30.3 Å². The zero-order valence-electron chi connectivity index (χ0n) is 11.9. The largest absolute Gasteiger partial charge is 0.333 e. The summed E-state index contributed by atoms with van der Waals surface area (Å²) in [5.41, 5.74) is 1.00. The van der Waals surface area contributed by atoms with Gasteiger partial charge in [-0.05, 0) is 39.7 Å². The molecule has 0 saturated heterocycles. The number of carbonyl (C=O) groups is 1. The van der Waals surface area contributed by atoms with Crippen LogP contribution >= 0.6 is 0 Å². The Bertz CT molecular complexity index is 369. The smallest absolute Gasteiger partial charge is 0.317 e. The lowest BCUT2D eigenvalue weighted by Gasteiger charge is -2.30. The van der Waals surface area contributed by atoms with Crippen molar-refractivity contribution in [3.8, 4) is 0 Å². The SMILES string of the molecule is CCN(CC)C(=O)NC(C)(C)Cc1ccccc1. The van der Waals surface area contributed by atoms with Crippen molar-refractivity contribution in [2.75, 3.05) is 13.1 Å². The van der Waals surface area contributed by atoms with Gasteiger partial charge in [0, 0.05) is 18.6 Å². The van der Waals surface area contributed by atoms with Gasteiger partial charge in [-0.3, -0.25) is 0 Å². The van der Waals surface area contributed by atoms with Crippen molar-refractivity contribution in [1.29, 1.82) is 0 Å². The minimum Gasteiger partial charge on any atom is -0.333 e. The molecule has 1 rings (SSSR count). The molecule has 100 valence electrons. The van der Waals surface area contributed by atoms with E-state index in [1.165, 1.54) is 5.56 Å². The van der Waals surface area contributed by atoms with Crippen molar-refractivity contribution in [3.05, 3.63) is 35.9 Å². The lowest BCUT2D eigenvalue weighted by Crippen LogP contribution is -2.51. The van der Waals surface area contributed by atoms with Gasteiger partial charge >= 0.3 is 6.03 Å². The van der Waals surface area contributed by atoms with Gasteiger partial charge in [-0.2, -0.15) is 0 Å². The molecule has 0 aliphatic heterocycles. The molecule has 0 radical (unpaired) electrons. The highest BCUT2D eigenvalue weighted by Crippen LogP contribution is 2.12. The lowest BCUT2D eigenvalue weighted by molar-refractivity contribution is 0.191. The summed E-state index contributed by atoms with van der Waals surface area (Å²) in [6.07, 6.45) is 0.834. The van der Waals surface area contributed by atoms with Crippen molar-refractivity contribution in [2.45, 2.75) is 39.7 Å². The van der Waals surface area contributed by atoms with E-state index in [2.05, 4.69) is 31.3 Å². The summed E-state index contributed by atoms with van der Waals surface area (Å²) in [4.78, 5) is 13.8. The van der Waals surface area contributed by atoms with Crippen LogP contribution in [-0.2, 0) is 6.42 Å². The highest BCUT2D eigenvalue weighted by Gasteiger charge is 2.22. The summed E-state index contributed by atoms with van der Waals surface area (Å²) in [6, 6.07) is 10.2. The van der Waals surface area contributed by atoms with Crippen LogP contribution in [0.2, 0.25) is 0 Å². The molecule has 0 spiro atoms. The molecule has 1 N–H and O–H groups in total. The second-order valence-corrected chi connectivity index (χ2v) is 5.15. The topological polar surface area (TPSA) is 32.3 Å². The number of amides is 2. The van der Waals surface area contributed by atoms with Gasteiger partial charge in [0.1, 0.15) is 0 Å². The molecule has 3 heteroatoms. The van der Waals surface area contributed by atoms with Crippen molar-refractivity contribution >= 4 is 6.03 Å². The summed E-state index contributed by atoms with van der Waals surface area (Å²) < 4.78 is 0. The van der Waals surface area contributed by atoms with Crippen LogP contribution in [-0.4, -0.2) is 29.6 Å². The van der Waals surface area contributed by atoms with Gasteiger partial charge in [-0.15, -0.1) is 0 Å². The Morgan fingerprint density at radius 3 is 2.22 bits per heavy atom. The summed E-state index contributed by atoms with van der Waals surface area (Å²) in [5.74, 6) is 0. The first kappa shape index (κ1) is 14.6. The number of rotatable bonds is 5. The molecular formula is C15H24N2O. The van der Waals surface area contributed by atoms with Gasteiger partial charge in [0.25, 0.3) is 0 Å². The number of benzene rings is 1. The predicted octanol–water partition coefficient (Wildman–Crippen LogP) is 3.06. The number of nitrogens with one attached hydrogen (secondary N) is 1. The number of carbonyl (C=O) groups excluding carboxylic acids is 1. The van der Waals surface area contributed by atoms with Gasteiger partial charge in [-0.1, -0.05) is 30.3 Å². The van der Waals surface area contributed by atoms with E-state index in [0.29, 0.717) is 0 Å². The first-order chi connectivity index (χ1) is 8.48. The highest BCUT2D eigenvalue weighted by molar-refractivity contribution is 5.74. The van der Waals surface area contributed by atoms with Crippen LogP contribution in [0.3, 0.4) is 0 Å². The Morgan fingerprint density at radius 2 is 1.72 bits per heavy atom. The summed E-state index contributed by atoms with van der Waals surface area (Å²) in [5, 5.41) is 3.09. The van der Waals surface area contributed by atoms with Crippen LogP contribution in [0.1, 0.15) is 33.3 Å². The zero-order valence-corrected chi connectivity index (χ0v) is 11.9. The van der Waals surface area contributed by atoms with Crippen molar-refractivity contribution in [3.63, 3.8) is 0 Å². The standard InChI is InChI=1S/C15H24N2O/c1-5-17(6-2)14(18)16-15(3,4)12-13-10-8-7-9-11-13/h7-11H,5-6,12H2,1-4H3,(H,16,18). The zero-order chi connectivity index (χ0) is 13.6. The molecule has 0 fully saturated rings. The third kappa shape index (κ3) is 4.40. The molecule has 0 unspecified atom stereocenters. The average molecular weight is 248 g/mol. The average Bonchev–Trinajstić information content (AvgIpc) is 2.30. The number of urea groups is 1. The third-order valence-electron chi connectivity index (χ3n) is 2.98.